The van der Waals surface area contributed by atoms with Crippen LogP contribution in [0.25, 0.3) is 0 Å². The van der Waals surface area contributed by atoms with Gasteiger partial charge >= 0.3 is 0 Å². The molecule has 2 heterocycles. The average Bonchev–Trinajstić information content (AvgIpc) is 2.33. The Bertz CT molecular complexity index is 131. The molecule has 0 aromatic rings. The van der Waals surface area contributed by atoms with Gasteiger partial charge in [0.05, 0.1) is 6.34 Å². The fourth-order valence-electron chi connectivity index (χ4n) is 1.71. The van der Waals surface area contributed by atoms with Crippen LogP contribution in [0.5, 0.6) is 0 Å². The first-order chi connectivity index (χ1) is 4.47. The van der Waals surface area contributed by atoms with Crippen molar-refractivity contribution < 1.29 is 0 Å². The molecule has 0 bridgehead atoms. The summed E-state index contributed by atoms with van der Waals surface area (Å²) in [4.78, 5) is 6.60. The third-order valence-corrected chi connectivity index (χ3v) is 2.24. The summed E-state index contributed by atoms with van der Waals surface area (Å²) in [5.41, 5.74) is 0. The van der Waals surface area contributed by atoms with Gasteiger partial charge in [0.25, 0.3) is 0 Å². The van der Waals surface area contributed by atoms with Crippen molar-refractivity contribution in [3.8, 4) is 0 Å². The molecule has 0 saturated carbocycles. The highest BCUT2D eigenvalue weighted by atomic mass is 15.2. The van der Waals surface area contributed by atoms with Crippen molar-refractivity contribution in [1.29, 1.82) is 0 Å². The Kier molecular flexibility index (Phi) is 1.18. The Labute approximate surface area is 55.6 Å². The average molecular weight is 124 g/mol. The first-order valence-corrected chi connectivity index (χ1v) is 3.72. The number of hydrogen-bond acceptors (Lipinski definition) is 2. The van der Waals surface area contributed by atoms with Crippen LogP contribution >= 0.6 is 0 Å². The molecular weight excluding hydrogens is 112 g/mol. The number of hydrogen-bond donors (Lipinski definition) is 0. The number of aliphatic imine (C=N–C) groups is 1. The van der Waals surface area contributed by atoms with Crippen molar-refractivity contribution in [2.75, 3.05) is 13.1 Å². The molecule has 2 rings (SSSR count). The van der Waals surface area contributed by atoms with Gasteiger partial charge in [-0.05, 0) is 19.3 Å². The van der Waals surface area contributed by atoms with Gasteiger partial charge in [0.1, 0.15) is 0 Å². The largest absolute Gasteiger partial charge is 0.360 e. The molecule has 50 valence electrons. The second-order valence-corrected chi connectivity index (χ2v) is 2.84. The SMILES string of the molecule is C1=NCCC2CCCN12. The predicted octanol–water partition coefficient (Wildman–Crippen LogP) is 0.883. The van der Waals surface area contributed by atoms with Crippen LogP contribution in [0.2, 0.25) is 0 Å². The molecule has 0 amide bonds. The summed E-state index contributed by atoms with van der Waals surface area (Å²) in [7, 11) is 0. The smallest absolute Gasteiger partial charge is 0.0852 e. The number of nitrogens with zero attached hydrogens (tertiary/aromatic N) is 2. The van der Waals surface area contributed by atoms with Crippen LogP contribution in [0.3, 0.4) is 0 Å². The highest BCUT2D eigenvalue weighted by Crippen LogP contribution is 2.20. The molecule has 1 unspecified atom stereocenters. The Morgan fingerprint density at radius 3 is 3.33 bits per heavy atom. The second kappa shape index (κ2) is 2.01. The van der Waals surface area contributed by atoms with E-state index in [0.717, 1.165) is 12.6 Å². The van der Waals surface area contributed by atoms with E-state index in [-0.39, 0.29) is 0 Å². The van der Waals surface area contributed by atoms with E-state index in [9.17, 15) is 0 Å². The Hall–Kier alpha value is -0.530. The molecule has 0 radical (unpaired) electrons. The summed E-state index contributed by atoms with van der Waals surface area (Å²) in [5, 5.41) is 0. The van der Waals surface area contributed by atoms with Gasteiger partial charge in [-0.3, -0.25) is 4.99 Å². The van der Waals surface area contributed by atoms with Crippen LogP contribution in [0.4, 0.5) is 0 Å². The lowest BCUT2D eigenvalue weighted by molar-refractivity contribution is 0.365. The molecule has 9 heavy (non-hydrogen) atoms. The second-order valence-electron chi connectivity index (χ2n) is 2.84. The van der Waals surface area contributed by atoms with Crippen molar-refractivity contribution in [3.05, 3.63) is 0 Å². The van der Waals surface area contributed by atoms with Crippen molar-refractivity contribution >= 4 is 6.34 Å². The molecule has 2 heteroatoms. The lowest BCUT2D eigenvalue weighted by Crippen LogP contribution is -2.31. The van der Waals surface area contributed by atoms with Crippen LogP contribution in [-0.4, -0.2) is 30.4 Å². The standard InChI is InChI=1S/C7H12N2/c1-2-7-3-4-8-6-9(7)5-1/h6-7H,1-5H2. The highest BCUT2D eigenvalue weighted by molar-refractivity contribution is 5.56. The highest BCUT2D eigenvalue weighted by Gasteiger charge is 2.23. The van der Waals surface area contributed by atoms with E-state index in [2.05, 4.69) is 9.89 Å². The quantitative estimate of drug-likeness (QED) is 0.468. The molecule has 1 saturated heterocycles. The molecule has 0 spiro atoms. The van der Waals surface area contributed by atoms with E-state index < -0.39 is 0 Å². The third-order valence-electron chi connectivity index (χ3n) is 2.24. The molecule has 0 aromatic carbocycles. The molecule has 0 aromatic heterocycles. The Balaban J connectivity index is 2.10. The van der Waals surface area contributed by atoms with Crippen molar-refractivity contribution in [2.24, 2.45) is 4.99 Å². The topological polar surface area (TPSA) is 15.6 Å². The van der Waals surface area contributed by atoms with Gasteiger partial charge in [-0.2, -0.15) is 0 Å². The van der Waals surface area contributed by atoms with Gasteiger partial charge < -0.3 is 4.90 Å². The minimum Gasteiger partial charge on any atom is -0.360 e. The number of fused-ring (bicyclic) bond motifs is 1. The first-order valence-electron chi connectivity index (χ1n) is 3.72. The fraction of sp³-hybridized carbons (Fsp3) is 0.857. The van der Waals surface area contributed by atoms with Gasteiger partial charge in [0.2, 0.25) is 0 Å². The monoisotopic (exact) mass is 124 g/mol. The summed E-state index contributed by atoms with van der Waals surface area (Å²) in [5.74, 6) is 0. The van der Waals surface area contributed by atoms with Crippen LogP contribution in [-0.2, 0) is 0 Å². The zero-order valence-electron chi connectivity index (χ0n) is 5.58. The van der Waals surface area contributed by atoms with E-state index in [1.165, 1.54) is 25.8 Å². The van der Waals surface area contributed by atoms with Crippen molar-refractivity contribution in [1.82, 2.24) is 4.90 Å². The zero-order valence-corrected chi connectivity index (χ0v) is 5.58. The minimum absolute atomic E-state index is 0.850. The lowest BCUT2D eigenvalue weighted by atomic mass is 10.1. The molecular formula is C7H12N2. The van der Waals surface area contributed by atoms with Crippen LogP contribution < -0.4 is 0 Å². The summed E-state index contributed by atoms with van der Waals surface area (Å²) < 4.78 is 0. The maximum absolute atomic E-state index is 4.22. The lowest BCUT2D eigenvalue weighted by Gasteiger charge is -2.24. The molecule has 1 atom stereocenters. The summed E-state index contributed by atoms with van der Waals surface area (Å²) in [6.45, 7) is 2.30. The van der Waals surface area contributed by atoms with Gasteiger partial charge in [-0.25, -0.2) is 0 Å². The normalized spacial score (nSPS) is 32.9. The van der Waals surface area contributed by atoms with Crippen LogP contribution in [0, 0.1) is 0 Å². The molecule has 0 N–H and O–H groups in total. The Morgan fingerprint density at radius 2 is 2.44 bits per heavy atom. The zero-order chi connectivity index (χ0) is 6.10. The van der Waals surface area contributed by atoms with Gasteiger partial charge in [-0.15, -0.1) is 0 Å². The molecule has 0 aliphatic carbocycles. The fourth-order valence-corrected chi connectivity index (χ4v) is 1.71. The van der Waals surface area contributed by atoms with E-state index in [1.54, 1.807) is 0 Å². The van der Waals surface area contributed by atoms with Crippen molar-refractivity contribution in [2.45, 2.75) is 25.3 Å². The van der Waals surface area contributed by atoms with Gasteiger partial charge in [-0.1, -0.05) is 0 Å². The minimum atomic E-state index is 0.850. The predicted molar refractivity (Wildman–Crippen MR) is 37.7 cm³/mol. The van der Waals surface area contributed by atoms with E-state index in [4.69, 9.17) is 0 Å². The summed E-state index contributed by atoms with van der Waals surface area (Å²) in [6, 6.07) is 0.850. The maximum atomic E-state index is 4.22. The van der Waals surface area contributed by atoms with Gasteiger partial charge in [0, 0.05) is 19.1 Å². The van der Waals surface area contributed by atoms with Crippen LogP contribution in [0.1, 0.15) is 19.3 Å². The molecule has 2 aliphatic heterocycles. The first kappa shape index (κ1) is 5.27. The molecule has 1 fully saturated rings. The molecule has 2 aliphatic rings. The van der Waals surface area contributed by atoms with E-state index in [0.29, 0.717) is 0 Å². The summed E-state index contributed by atoms with van der Waals surface area (Å²) in [6.07, 6.45) is 6.08. The molecule has 2 nitrogen and oxygen atoms in total. The van der Waals surface area contributed by atoms with Crippen LogP contribution in [0.15, 0.2) is 4.99 Å². The summed E-state index contributed by atoms with van der Waals surface area (Å²) >= 11 is 0. The van der Waals surface area contributed by atoms with Crippen molar-refractivity contribution in [3.63, 3.8) is 0 Å². The Morgan fingerprint density at radius 1 is 1.44 bits per heavy atom. The number of rotatable bonds is 0. The maximum Gasteiger partial charge on any atom is 0.0852 e. The van der Waals surface area contributed by atoms with Gasteiger partial charge in [0.15, 0.2) is 0 Å². The van der Waals surface area contributed by atoms with E-state index >= 15 is 0 Å². The third kappa shape index (κ3) is 0.824. The van der Waals surface area contributed by atoms with E-state index in [1.807, 2.05) is 6.34 Å².